The molecule has 0 aliphatic carbocycles. The van der Waals surface area contributed by atoms with Gasteiger partial charge in [0, 0.05) is 25.4 Å². The number of halogens is 1. The van der Waals surface area contributed by atoms with Crippen molar-refractivity contribution in [3.63, 3.8) is 0 Å². The first-order chi connectivity index (χ1) is 12.2. The Hall–Kier alpha value is -2.50. The van der Waals surface area contributed by atoms with E-state index in [4.69, 9.17) is 4.74 Å². The molecule has 0 fully saturated rings. The Morgan fingerprint density at radius 1 is 1.15 bits per heavy atom. The first-order valence-corrected chi connectivity index (χ1v) is 8.23. The van der Waals surface area contributed by atoms with Crippen molar-refractivity contribution in [1.29, 1.82) is 0 Å². The molecular formula is C21H21IN2O2. The van der Waals surface area contributed by atoms with Gasteiger partial charge < -0.3 is 9.64 Å². The van der Waals surface area contributed by atoms with Gasteiger partial charge in [-0.1, -0.05) is 36.1 Å². The van der Waals surface area contributed by atoms with Crippen molar-refractivity contribution in [2.24, 2.45) is 0 Å². The molecule has 0 aromatic heterocycles. The van der Waals surface area contributed by atoms with Crippen molar-refractivity contribution in [2.75, 3.05) is 16.3 Å². The van der Waals surface area contributed by atoms with Crippen LogP contribution in [0.5, 0.6) is 5.75 Å². The number of fused-ring (bicyclic) bond motifs is 1. The summed E-state index contributed by atoms with van der Waals surface area (Å²) in [5.74, 6) is 1.43. The largest absolute Gasteiger partial charge is 0.432 e. The van der Waals surface area contributed by atoms with Gasteiger partial charge in [-0.25, -0.2) is 0 Å². The fourth-order valence-corrected chi connectivity index (χ4v) is 2.67. The molecule has 2 aromatic carbocycles. The minimum atomic E-state index is -0.0526. The van der Waals surface area contributed by atoms with Gasteiger partial charge in [0.1, 0.15) is 0 Å². The molecule has 0 atom stereocenters. The highest BCUT2D eigenvalue weighted by molar-refractivity contribution is 14.0. The number of amides is 1. The lowest BCUT2D eigenvalue weighted by Gasteiger charge is -2.15. The molecule has 1 heterocycles. The minimum Gasteiger partial charge on any atom is -0.432 e. The van der Waals surface area contributed by atoms with Crippen molar-refractivity contribution in [1.82, 2.24) is 0 Å². The number of para-hydroxylation sites is 3. The zero-order valence-corrected chi connectivity index (χ0v) is 17.1. The Kier molecular flexibility index (Phi) is 7.06. The third kappa shape index (κ3) is 4.36. The van der Waals surface area contributed by atoms with E-state index in [0.717, 1.165) is 23.7 Å². The molecule has 2 aromatic rings. The number of carbonyl (C=O) groups excluding carboxylic acids is 1. The molecule has 0 unspecified atom stereocenters. The Bertz CT molecular complexity index is 855. The van der Waals surface area contributed by atoms with Crippen molar-refractivity contribution >= 4 is 41.3 Å². The van der Waals surface area contributed by atoms with Crippen LogP contribution in [0.4, 0.5) is 11.4 Å². The molecule has 0 radical (unpaired) electrons. The zero-order valence-electron chi connectivity index (χ0n) is 14.8. The van der Waals surface area contributed by atoms with E-state index in [1.807, 2.05) is 54.6 Å². The maximum absolute atomic E-state index is 11.8. The first-order valence-electron chi connectivity index (χ1n) is 8.23. The zero-order chi connectivity index (χ0) is 17.6. The maximum Gasteiger partial charge on any atom is 0.246 e. The molecule has 0 saturated heterocycles. The summed E-state index contributed by atoms with van der Waals surface area (Å²) in [5.41, 5.74) is 5.01. The third-order valence-corrected chi connectivity index (χ3v) is 3.84. The quantitative estimate of drug-likeness (QED) is 0.362. The predicted octanol–water partition coefficient (Wildman–Crippen LogP) is 5.09. The van der Waals surface area contributed by atoms with Gasteiger partial charge in [-0.2, -0.15) is 0 Å². The van der Waals surface area contributed by atoms with Gasteiger partial charge in [0.2, 0.25) is 11.8 Å². The molecule has 26 heavy (non-hydrogen) atoms. The smallest absolute Gasteiger partial charge is 0.246 e. The van der Waals surface area contributed by atoms with Crippen molar-refractivity contribution < 1.29 is 9.53 Å². The normalized spacial score (nSPS) is 12.1. The Morgan fingerprint density at radius 2 is 1.85 bits per heavy atom. The van der Waals surface area contributed by atoms with Crippen LogP contribution in [-0.2, 0) is 4.79 Å². The van der Waals surface area contributed by atoms with E-state index in [1.54, 1.807) is 23.3 Å². The number of ether oxygens (including phenoxy) is 1. The Morgan fingerprint density at radius 3 is 2.54 bits per heavy atom. The highest BCUT2D eigenvalue weighted by atomic mass is 127. The molecular weight excluding hydrogens is 439 g/mol. The highest BCUT2D eigenvalue weighted by Gasteiger charge is 2.23. The van der Waals surface area contributed by atoms with Crippen LogP contribution in [0.2, 0.25) is 0 Å². The van der Waals surface area contributed by atoms with E-state index in [2.05, 4.69) is 17.6 Å². The van der Waals surface area contributed by atoms with Crippen LogP contribution in [0.3, 0.4) is 0 Å². The monoisotopic (exact) mass is 460 g/mol. The lowest BCUT2D eigenvalue weighted by molar-refractivity contribution is -0.116. The summed E-state index contributed by atoms with van der Waals surface area (Å²) in [6, 6.07) is 17.4. The summed E-state index contributed by atoms with van der Waals surface area (Å²) in [5, 5.41) is 0. The minimum absolute atomic E-state index is 0. The maximum atomic E-state index is 11.8. The number of hydrogen-bond donors (Lipinski definition) is 0. The molecule has 0 spiro atoms. The predicted molar refractivity (Wildman–Crippen MR) is 116 cm³/mol. The molecule has 0 bridgehead atoms. The van der Waals surface area contributed by atoms with Crippen LogP contribution in [-0.4, -0.2) is 12.5 Å². The topological polar surface area (TPSA) is 32.8 Å². The van der Waals surface area contributed by atoms with Gasteiger partial charge in [0.15, 0.2) is 5.75 Å². The van der Waals surface area contributed by atoms with Gasteiger partial charge in [0.25, 0.3) is 0 Å². The first kappa shape index (κ1) is 19.8. The highest BCUT2D eigenvalue weighted by Crippen LogP contribution is 2.37. The average molecular weight is 460 g/mol. The summed E-state index contributed by atoms with van der Waals surface area (Å²) in [7, 11) is 0. The number of carbonyl (C=O) groups is 1. The fraction of sp³-hybridized carbons (Fsp3) is 0.143. The SMILES string of the molecule is CCN1C(=C=CC=CN(C(C)=O)c2ccccc2)Oc2ccccc21.I. The number of hydrogen-bond acceptors (Lipinski definition) is 3. The van der Waals surface area contributed by atoms with Gasteiger partial charge in [-0.05, 0) is 43.3 Å². The van der Waals surface area contributed by atoms with E-state index < -0.39 is 0 Å². The van der Waals surface area contributed by atoms with Crippen LogP contribution in [0.15, 0.2) is 84.6 Å². The third-order valence-electron chi connectivity index (χ3n) is 3.84. The lowest BCUT2D eigenvalue weighted by Crippen LogP contribution is -2.21. The standard InChI is InChI=1S/C21H20N2O2.HI/c1-3-22-19-13-7-8-14-20(19)25-21(22)15-9-10-16-23(17(2)24)18-11-5-4-6-12-18;/h4-14,16H,3H2,1-2H3;1H. The van der Waals surface area contributed by atoms with Gasteiger partial charge in [-0.15, -0.1) is 24.0 Å². The summed E-state index contributed by atoms with van der Waals surface area (Å²) in [6.07, 6.45) is 5.26. The second-order valence-corrected chi connectivity index (χ2v) is 5.50. The van der Waals surface area contributed by atoms with Gasteiger partial charge in [-0.3, -0.25) is 9.69 Å². The number of nitrogens with zero attached hydrogens (tertiary/aromatic N) is 2. The molecule has 0 N–H and O–H groups in total. The molecule has 0 saturated carbocycles. The Balaban J connectivity index is 0.00000243. The van der Waals surface area contributed by atoms with Crippen LogP contribution in [0.1, 0.15) is 13.8 Å². The van der Waals surface area contributed by atoms with E-state index in [0.29, 0.717) is 5.88 Å². The second kappa shape index (κ2) is 9.27. The molecule has 134 valence electrons. The fourth-order valence-electron chi connectivity index (χ4n) is 2.67. The summed E-state index contributed by atoms with van der Waals surface area (Å²) >= 11 is 0. The molecule has 1 aliphatic rings. The lowest BCUT2D eigenvalue weighted by atomic mass is 10.3. The second-order valence-electron chi connectivity index (χ2n) is 5.50. The van der Waals surface area contributed by atoms with Crippen molar-refractivity contribution in [2.45, 2.75) is 13.8 Å². The number of rotatable bonds is 4. The van der Waals surface area contributed by atoms with Crippen LogP contribution in [0, 0.1) is 0 Å². The van der Waals surface area contributed by atoms with E-state index in [9.17, 15) is 4.79 Å². The van der Waals surface area contributed by atoms with Gasteiger partial charge in [0.05, 0.1) is 5.69 Å². The van der Waals surface area contributed by atoms with Crippen molar-refractivity contribution in [3.8, 4) is 5.75 Å². The average Bonchev–Trinajstić information content (AvgIpc) is 2.99. The van der Waals surface area contributed by atoms with Crippen LogP contribution in [0.25, 0.3) is 0 Å². The number of anilines is 2. The summed E-state index contributed by atoms with van der Waals surface area (Å²) in [6.45, 7) is 4.39. The molecule has 3 rings (SSSR count). The van der Waals surface area contributed by atoms with Crippen LogP contribution >= 0.6 is 24.0 Å². The molecule has 5 heteroatoms. The van der Waals surface area contributed by atoms with E-state index in [-0.39, 0.29) is 29.9 Å². The van der Waals surface area contributed by atoms with E-state index in [1.165, 1.54) is 6.92 Å². The molecule has 1 aliphatic heterocycles. The van der Waals surface area contributed by atoms with E-state index >= 15 is 0 Å². The Labute approximate surface area is 171 Å². The van der Waals surface area contributed by atoms with Crippen LogP contribution < -0.4 is 14.5 Å². The summed E-state index contributed by atoms with van der Waals surface area (Å²) in [4.78, 5) is 15.5. The number of benzene rings is 2. The number of allylic oxidation sites excluding steroid dienone is 2. The van der Waals surface area contributed by atoms with Crippen molar-refractivity contribution in [3.05, 3.63) is 84.6 Å². The molecule has 1 amide bonds. The van der Waals surface area contributed by atoms with Gasteiger partial charge >= 0.3 is 0 Å². The summed E-state index contributed by atoms with van der Waals surface area (Å²) < 4.78 is 5.84. The molecule has 4 nitrogen and oxygen atoms in total.